The van der Waals surface area contributed by atoms with Crippen LogP contribution in [-0.2, 0) is 22.6 Å². The number of nitrogens with zero attached hydrogens (tertiary/aromatic N) is 2. The quantitative estimate of drug-likeness (QED) is 0.862. The van der Waals surface area contributed by atoms with Crippen LogP contribution in [0.25, 0.3) is 0 Å². The first-order valence-corrected chi connectivity index (χ1v) is 7.98. The smallest absolute Gasteiger partial charge is 0.269 e. The number of hydrogen-bond donors (Lipinski definition) is 1. The number of carbonyl (C=O) groups excluding carboxylic acids is 1. The van der Waals surface area contributed by atoms with Crippen molar-refractivity contribution < 1.29 is 13.2 Å². The summed E-state index contributed by atoms with van der Waals surface area (Å²) in [6.45, 7) is 0.284. The molecule has 106 valence electrons. The molecule has 0 unspecified atom stereocenters. The van der Waals surface area contributed by atoms with Crippen molar-refractivity contribution in [2.75, 3.05) is 0 Å². The summed E-state index contributed by atoms with van der Waals surface area (Å²) in [4.78, 5) is 11.9. The first-order valence-electron chi connectivity index (χ1n) is 5.68. The van der Waals surface area contributed by atoms with Gasteiger partial charge in [-0.1, -0.05) is 12.1 Å². The van der Waals surface area contributed by atoms with Crippen LogP contribution in [0.5, 0.6) is 0 Å². The molecule has 0 bridgehead atoms. The number of hydrogen-bond acceptors (Lipinski definition) is 4. The maximum absolute atomic E-state index is 11.8. The lowest BCUT2D eigenvalue weighted by atomic mass is 10.2. The number of aryl methyl sites for hydroxylation is 1. The molecule has 0 spiro atoms. The molecule has 0 aliphatic carbocycles. The van der Waals surface area contributed by atoms with E-state index in [1.54, 1.807) is 25.2 Å². The second-order valence-electron chi connectivity index (χ2n) is 4.10. The fourth-order valence-corrected chi connectivity index (χ4v) is 2.41. The number of benzene rings is 1. The molecule has 0 saturated heterocycles. The highest BCUT2D eigenvalue weighted by Crippen LogP contribution is 2.15. The lowest BCUT2D eigenvalue weighted by molar-refractivity contribution is 0.0941. The highest BCUT2D eigenvalue weighted by atomic mass is 35.7. The number of aromatic nitrogens is 2. The van der Waals surface area contributed by atoms with E-state index in [0.717, 1.165) is 5.56 Å². The standard InChI is InChI=1S/C12H12ClN3O3S/c1-16-11(6-7-15-16)12(17)14-8-9-2-4-10(5-3-9)20(13,18)19/h2-7H,8H2,1H3,(H,14,17). The van der Waals surface area contributed by atoms with Crippen LogP contribution in [-0.4, -0.2) is 24.1 Å². The van der Waals surface area contributed by atoms with Crippen LogP contribution in [0.2, 0.25) is 0 Å². The average molecular weight is 314 g/mol. The highest BCUT2D eigenvalue weighted by molar-refractivity contribution is 8.13. The van der Waals surface area contributed by atoms with Crippen LogP contribution < -0.4 is 5.32 Å². The Morgan fingerprint density at radius 1 is 1.30 bits per heavy atom. The molecule has 1 N–H and O–H groups in total. The van der Waals surface area contributed by atoms with Crippen LogP contribution in [0.3, 0.4) is 0 Å². The van der Waals surface area contributed by atoms with Gasteiger partial charge in [0, 0.05) is 30.5 Å². The molecule has 1 aromatic heterocycles. The molecule has 6 nitrogen and oxygen atoms in total. The van der Waals surface area contributed by atoms with E-state index < -0.39 is 9.05 Å². The molecule has 0 atom stereocenters. The summed E-state index contributed by atoms with van der Waals surface area (Å²) in [7, 11) is 3.17. The summed E-state index contributed by atoms with van der Waals surface area (Å²) in [6, 6.07) is 7.60. The lowest BCUT2D eigenvalue weighted by Gasteiger charge is -2.06. The molecule has 0 radical (unpaired) electrons. The summed E-state index contributed by atoms with van der Waals surface area (Å²) in [5, 5.41) is 6.62. The van der Waals surface area contributed by atoms with Crippen LogP contribution >= 0.6 is 10.7 Å². The van der Waals surface area contributed by atoms with E-state index in [1.807, 2.05) is 0 Å². The summed E-state index contributed by atoms with van der Waals surface area (Å²) in [5.41, 5.74) is 1.22. The molecule has 1 heterocycles. The van der Waals surface area contributed by atoms with E-state index in [-0.39, 0.29) is 17.3 Å². The summed E-state index contributed by atoms with van der Waals surface area (Å²) in [6.07, 6.45) is 1.54. The summed E-state index contributed by atoms with van der Waals surface area (Å²) >= 11 is 0. The molecule has 2 aromatic rings. The van der Waals surface area contributed by atoms with Gasteiger partial charge in [-0.05, 0) is 23.8 Å². The highest BCUT2D eigenvalue weighted by Gasteiger charge is 2.11. The third-order valence-electron chi connectivity index (χ3n) is 2.71. The number of halogens is 1. The third-order valence-corrected chi connectivity index (χ3v) is 4.08. The number of amides is 1. The molecule has 2 rings (SSSR count). The Balaban J connectivity index is 2.02. The van der Waals surface area contributed by atoms with Crippen LogP contribution in [0.4, 0.5) is 0 Å². The van der Waals surface area contributed by atoms with Crippen molar-refractivity contribution in [3.8, 4) is 0 Å². The predicted molar refractivity (Wildman–Crippen MR) is 73.9 cm³/mol. The number of rotatable bonds is 4. The minimum absolute atomic E-state index is 0.0286. The van der Waals surface area contributed by atoms with E-state index in [1.165, 1.54) is 23.0 Å². The van der Waals surface area contributed by atoms with Gasteiger partial charge in [-0.25, -0.2) is 8.42 Å². The average Bonchev–Trinajstić information content (AvgIpc) is 2.82. The molecule has 8 heteroatoms. The molecule has 20 heavy (non-hydrogen) atoms. The zero-order chi connectivity index (χ0) is 14.8. The molecule has 0 fully saturated rings. The zero-order valence-electron chi connectivity index (χ0n) is 10.6. The normalized spacial score (nSPS) is 11.3. The van der Waals surface area contributed by atoms with Gasteiger partial charge in [0.15, 0.2) is 0 Å². The molecule has 1 amide bonds. The number of carbonyl (C=O) groups is 1. The van der Waals surface area contributed by atoms with E-state index in [9.17, 15) is 13.2 Å². The third kappa shape index (κ3) is 3.37. The van der Waals surface area contributed by atoms with Crippen molar-refractivity contribution in [3.05, 3.63) is 47.8 Å². The number of nitrogens with one attached hydrogen (secondary N) is 1. The van der Waals surface area contributed by atoms with Gasteiger partial charge in [-0.2, -0.15) is 5.10 Å². The van der Waals surface area contributed by atoms with Gasteiger partial charge in [-0.15, -0.1) is 0 Å². The monoisotopic (exact) mass is 313 g/mol. The predicted octanol–water partition coefficient (Wildman–Crippen LogP) is 1.28. The second kappa shape index (κ2) is 5.64. The van der Waals surface area contributed by atoms with Crippen molar-refractivity contribution in [2.45, 2.75) is 11.4 Å². The summed E-state index contributed by atoms with van der Waals surface area (Å²) < 4.78 is 23.6. The first kappa shape index (κ1) is 14.5. The van der Waals surface area contributed by atoms with Gasteiger partial charge < -0.3 is 5.32 Å². The second-order valence-corrected chi connectivity index (χ2v) is 6.67. The van der Waals surface area contributed by atoms with E-state index in [4.69, 9.17) is 10.7 Å². The Labute approximate surface area is 120 Å². The molecular formula is C12H12ClN3O3S. The Hall–Kier alpha value is -1.86. The van der Waals surface area contributed by atoms with Gasteiger partial charge in [-0.3, -0.25) is 9.48 Å². The Kier molecular flexibility index (Phi) is 4.10. The SMILES string of the molecule is Cn1nccc1C(=O)NCc1ccc(S(=O)(=O)Cl)cc1. The van der Waals surface area contributed by atoms with Crippen LogP contribution in [0, 0.1) is 0 Å². The van der Waals surface area contributed by atoms with Gasteiger partial charge >= 0.3 is 0 Å². The largest absolute Gasteiger partial charge is 0.347 e. The Morgan fingerprint density at radius 3 is 2.45 bits per heavy atom. The molecule has 0 saturated carbocycles. The van der Waals surface area contributed by atoms with E-state index in [0.29, 0.717) is 5.69 Å². The van der Waals surface area contributed by atoms with Crippen molar-refractivity contribution in [1.82, 2.24) is 15.1 Å². The van der Waals surface area contributed by atoms with Gasteiger partial charge in [0.1, 0.15) is 5.69 Å². The fourth-order valence-electron chi connectivity index (χ4n) is 1.64. The lowest BCUT2D eigenvalue weighted by Crippen LogP contribution is -2.25. The van der Waals surface area contributed by atoms with Gasteiger partial charge in [0.2, 0.25) is 0 Å². The maximum Gasteiger partial charge on any atom is 0.269 e. The maximum atomic E-state index is 11.8. The van der Waals surface area contributed by atoms with Crippen molar-refractivity contribution >= 4 is 25.6 Å². The van der Waals surface area contributed by atoms with Crippen molar-refractivity contribution in [3.63, 3.8) is 0 Å². The first-order chi connectivity index (χ1) is 9.38. The minimum atomic E-state index is -3.72. The topological polar surface area (TPSA) is 81.1 Å². The molecule has 0 aliphatic rings. The molecule has 0 aliphatic heterocycles. The van der Waals surface area contributed by atoms with E-state index >= 15 is 0 Å². The van der Waals surface area contributed by atoms with Crippen molar-refractivity contribution in [2.24, 2.45) is 7.05 Å². The molecule has 1 aromatic carbocycles. The Bertz CT molecular complexity index is 723. The zero-order valence-corrected chi connectivity index (χ0v) is 12.1. The Morgan fingerprint density at radius 2 is 1.95 bits per heavy atom. The fraction of sp³-hybridized carbons (Fsp3) is 0.167. The van der Waals surface area contributed by atoms with E-state index in [2.05, 4.69) is 10.4 Å². The van der Waals surface area contributed by atoms with Crippen molar-refractivity contribution in [1.29, 1.82) is 0 Å². The van der Waals surface area contributed by atoms with Gasteiger partial charge in [0.25, 0.3) is 15.0 Å². The summed E-state index contributed by atoms with van der Waals surface area (Å²) in [5.74, 6) is -0.251. The molecular weight excluding hydrogens is 302 g/mol. The van der Waals surface area contributed by atoms with Crippen LogP contribution in [0.15, 0.2) is 41.4 Å². The minimum Gasteiger partial charge on any atom is -0.347 e. The van der Waals surface area contributed by atoms with Crippen LogP contribution in [0.1, 0.15) is 16.1 Å². The van der Waals surface area contributed by atoms with Gasteiger partial charge in [0.05, 0.1) is 4.90 Å².